The van der Waals surface area contributed by atoms with E-state index < -0.39 is 0 Å². The first-order valence-corrected chi connectivity index (χ1v) is 7.85. The van der Waals surface area contributed by atoms with Crippen LogP contribution in [0.3, 0.4) is 0 Å². The quantitative estimate of drug-likeness (QED) is 0.688. The van der Waals surface area contributed by atoms with Crippen molar-refractivity contribution in [3.8, 4) is 23.0 Å². The van der Waals surface area contributed by atoms with Crippen molar-refractivity contribution in [2.45, 2.75) is 13.0 Å². The first-order valence-electron chi connectivity index (χ1n) is 7.85. The van der Waals surface area contributed by atoms with Crippen molar-refractivity contribution in [2.75, 3.05) is 35.0 Å². The standard InChI is InChI=1S/C19H25NO4.ClH/c1-21-15-11-18(23-3)16(19(12-15)24-4)9-10-20-13-14-7-5-6-8-17(14)22-2;/h5-8,11-12,20H,9-10,13H2,1-4H3;1H. The molecule has 0 amide bonds. The molecule has 138 valence electrons. The van der Waals surface area contributed by atoms with Gasteiger partial charge in [0, 0.05) is 29.8 Å². The van der Waals surface area contributed by atoms with Gasteiger partial charge in [-0.1, -0.05) is 18.2 Å². The summed E-state index contributed by atoms with van der Waals surface area (Å²) in [7, 11) is 6.62. The van der Waals surface area contributed by atoms with Crippen LogP contribution >= 0.6 is 12.4 Å². The van der Waals surface area contributed by atoms with Gasteiger partial charge in [0.25, 0.3) is 0 Å². The summed E-state index contributed by atoms with van der Waals surface area (Å²) < 4.78 is 21.6. The van der Waals surface area contributed by atoms with Gasteiger partial charge in [0.05, 0.1) is 28.4 Å². The largest absolute Gasteiger partial charge is 0.496 e. The number of halogens is 1. The van der Waals surface area contributed by atoms with Crippen LogP contribution in [0.25, 0.3) is 0 Å². The molecule has 1 N–H and O–H groups in total. The summed E-state index contributed by atoms with van der Waals surface area (Å²) in [6, 6.07) is 11.7. The molecule has 2 aromatic rings. The highest BCUT2D eigenvalue weighted by molar-refractivity contribution is 5.85. The third-order valence-corrected chi connectivity index (χ3v) is 3.88. The van der Waals surface area contributed by atoms with Crippen LogP contribution in [-0.2, 0) is 13.0 Å². The number of para-hydroxylation sites is 1. The van der Waals surface area contributed by atoms with Gasteiger partial charge in [-0.05, 0) is 19.0 Å². The van der Waals surface area contributed by atoms with Crippen molar-refractivity contribution in [3.63, 3.8) is 0 Å². The summed E-state index contributed by atoms with van der Waals surface area (Å²) >= 11 is 0. The van der Waals surface area contributed by atoms with Gasteiger partial charge >= 0.3 is 0 Å². The molecule has 0 saturated heterocycles. The highest BCUT2D eigenvalue weighted by atomic mass is 35.5. The lowest BCUT2D eigenvalue weighted by molar-refractivity contribution is 0.368. The van der Waals surface area contributed by atoms with Gasteiger partial charge in [0.2, 0.25) is 0 Å². The van der Waals surface area contributed by atoms with Crippen LogP contribution in [0.1, 0.15) is 11.1 Å². The van der Waals surface area contributed by atoms with Crippen LogP contribution < -0.4 is 24.3 Å². The van der Waals surface area contributed by atoms with E-state index >= 15 is 0 Å². The van der Waals surface area contributed by atoms with Crippen LogP contribution in [0.4, 0.5) is 0 Å². The Hall–Kier alpha value is -2.11. The molecular weight excluding hydrogens is 342 g/mol. The zero-order chi connectivity index (χ0) is 17.4. The normalized spacial score (nSPS) is 9.92. The minimum atomic E-state index is 0. The maximum Gasteiger partial charge on any atom is 0.129 e. The molecule has 0 unspecified atom stereocenters. The zero-order valence-electron chi connectivity index (χ0n) is 15.1. The number of methoxy groups -OCH3 is 4. The lowest BCUT2D eigenvalue weighted by Crippen LogP contribution is -2.17. The maximum atomic E-state index is 5.47. The smallest absolute Gasteiger partial charge is 0.129 e. The Morgan fingerprint density at radius 1 is 0.800 bits per heavy atom. The Labute approximate surface area is 155 Å². The first-order chi connectivity index (χ1) is 11.7. The van der Waals surface area contributed by atoms with E-state index in [0.717, 1.165) is 53.6 Å². The number of rotatable bonds is 9. The molecule has 0 heterocycles. The minimum absolute atomic E-state index is 0. The van der Waals surface area contributed by atoms with Gasteiger partial charge in [0.15, 0.2) is 0 Å². The number of benzene rings is 2. The SMILES string of the molecule is COc1cc(OC)c(CCNCc2ccccc2OC)c(OC)c1.Cl. The van der Waals surface area contributed by atoms with Crippen molar-refractivity contribution in [3.05, 3.63) is 47.5 Å². The predicted molar refractivity (Wildman–Crippen MR) is 102 cm³/mol. The van der Waals surface area contributed by atoms with Crippen molar-refractivity contribution < 1.29 is 18.9 Å². The Morgan fingerprint density at radius 2 is 1.40 bits per heavy atom. The number of ether oxygens (including phenoxy) is 4. The van der Waals surface area contributed by atoms with Crippen molar-refractivity contribution in [1.29, 1.82) is 0 Å². The van der Waals surface area contributed by atoms with Gasteiger partial charge in [0.1, 0.15) is 23.0 Å². The van der Waals surface area contributed by atoms with E-state index in [1.165, 1.54) is 0 Å². The molecule has 0 radical (unpaired) electrons. The van der Waals surface area contributed by atoms with E-state index in [0.29, 0.717) is 0 Å². The fourth-order valence-corrected chi connectivity index (χ4v) is 2.61. The molecule has 0 aliphatic carbocycles. The van der Waals surface area contributed by atoms with Gasteiger partial charge < -0.3 is 24.3 Å². The van der Waals surface area contributed by atoms with Crippen LogP contribution in [0.5, 0.6) is 23.0 Å². The first kappa shape index (κ1) is 20.9. The molecule has 6 heteroatoms. The van der Waals surface area contributed by atoms with Crippen LogP contribution in [0.15, 0.2) is 36.4 Å². The van der Waals surface area contributed by atoms with E-state index in [1.807, 2.05) is 30.3 Å². The summed E-state index contributed by atoms with van der Waals surface area (Å²) in [5, 5.41) is 3.43. The second-order valence-electron chi connectivity index (χ2n) is 5.25. The molecule has 0 spiro atoms. The lowest BCUT2D eigenvalue weighted by Gasteiger charge is -2.15. The van der Waals surface area contributed by atoms with E-state index in [1.54, 1.807) is 28.4 Å². The van der Waals surface area contributed by atoms with Gasteiger partial charge in [-0.25, -0.2) is 0 Å². The molecule has 0 aromatic heterocycles. The van der Waals surface area contributed by atoms with E-state index in [4.69, 9.17) is 18.9 Å². The second kappa shape index (κ2) is 10.7. The summed E-state index contributed by atoms with van der Waals surface area (Å²) in [6.45, 7) is 1.53. The molecule has 0 atom stereocenters. The van der Waals surface area contributed by atoms with Crippen molar-refractivity contribution in [2.24, 2.45) is 0 Å². The molecule has 25 heavy (non-hydrogen) atoms. The van der Waals surface area contributed by atoms with Gasteiger partial charge in [-0.15, -0.1) is 12.4 Å². The van der Waals surface area contributed by atoms with Crippen molar-refractivity contribution >= 4 is 12.4 Å². The molecule has 2 aromatic carbocycles. The summed E-state index contributed by atoms with van der Waals surface area (Å²) in [4.78, 5) is 0. The van der Waals surface area contributed by atoms with Gasteiger partial charge in [-0.3, -0.25) is 0 Å². The monoisotopic (exact) mass is 367 g/mol. The van der Waals surface area contributed by atoms with Crippen LogP contribution in [0, 0.1) is 0 Å². The van der Waals surface area contributed by atoms with Crippen LogP contribution in [-0.4, -0.2) is 35.0 Å². The molecule has 2 rings (SSSR count). The van der Waals surface area contributed by atoms with E-state index in [-0.39, 0.29) is 12.4 Å². The van der Waals surface area contributed by atoms with E-state index in [2.05, 4.69) is 11.4 Å². The molecule has 0 aliphatic rings. The average molecular weight is 368 g/mol. The lowest BCUT2D eigenvalue weighted by atomic mass is 10.1. The third kappa shape index (κ3) is 5.44. The van der Waals surface area contributed by atoms with Gasteiger partial charge in [-0.2, -0.15) is 0 Å². The summed E-state index contributed by atoms with van der Waals surface area (Å²) in [6.07, 6.45) is 0.783. The summed E-state index contributed by atoms with van der Waals surface area (Å²) in [5.74, 6) is 3.15. The minimum Gasteiger partial charge on any atom is -0.496 e. The Morgan fingerprint density at radius 3 is 1.96 bits per heavy atom. The Balaban J connectivity index is 0.00000312. The number of hydrogen-bond acceptors (Lipinski definition) is 5. The molecule has 0 saturated carbocycles. The predicted octanol–water partition coefficient (Wildman–Crippen LogP) is 3.48. The van der Waals surface area contributed by atoms with Crippen LogP contribution in [0.2, 0.25) is 0 Å². The number of hydrogen-bond donors (Lipinski definition) is 1. The molecular formula is C19H26ClNO4. The average Bonchev–Trinajstić information content (AvgIpc) is 2.64. The topological polar surface area (TPSA) is 49.0 Å². The molecule has 0 bridgehead atoms. The molecule has 0 aliphatic heterocycles. The Kier molecular flexibility index (Phi) is 8.95. The van der Waals surface area contributed by atoms with Crippen molar-refractivity contribution in [1.82, 2.24) is 5.32 Å². The summed E-state index contributed by atoms with van der Waals surface area (Å²) in [5.41, 5.74) is 2.15. The zero-order valence-corrected chi connectivity index (χ0v) is 15.9. The Bertz CT molecular complexity index is 639. The fourth-order valence-electron chi connectivity index (χ4n) is 2.61. The highest BCUT2D eigenvalue weighted by Gasteiger charge is 2.13. The van der Waals surface area contributed by atoms with E-state index in [9.17, 15) is 0 Å². The number of nitrogens with one attached hydrogen (secondary N) is 1. The highest BCUT2D eigenvalue weighted by Crippen LogP contribution is 2.34. The molecule has 0 fully saturated rings. The third-order valence-electron chi connectivity index (χ3n) is 3.88. The maximum absolute atomic E-state index is 5.47. The second-order valence-corrected chi connectivity index (χ2v) is 5.25. The fraction of sp³-hybridized carbons (Fsp3) is 0.368. The molecule has 5 nitrogen and oxygen atoms in total.